The van der Waals surface area contributed by atoms with Gasteiger partial charge >= 0.3 is 0 Å². The zero-order valence-corrected chi connectivity index (χ0v) is 19.1. The molecule has 1 heterocycles. The van der Waals surface area contributed by atoms with Crippen LogP contribution in [0.4, 0.5) is 0 Å². The normalized spacial score (nSPS) is 56.5. The Hall–Kier alpha value is 0.270. The first-order valence-electron chi connectivity index (χ1n) is 12.4. The molecule has 5 aliphatic carbocycles. The van der Waals surface area contributed by atoms with Gasteiger partial charge in [-0.1, -0.05) is 13.8 Å². The maximum atomic E-state index is 6.89. The molecule has 0 spiro atoms. The third kappa shape index (κ3) is 2.60. The average molecular weight is 405 g/mol. The fourth-order valence-electron chi connectivity index (χ4n) is 9.21. The third-order valence-electron chi connectivity index (χ3n) is 10.9. The van der Waals surface area contributed by atoms with Gasteiger partial charge in [-0.15, -0.1) is 0 Å². The van der Waals surface area contributed by atoms with Crippen molar-refractivity contribution in [3.8, 4) is 0 Å². The molecule has 5 saturated carbocycles. The minimum atomic E-state index is -0.259. The van der Waals surface area contributed by atoms with Gasteiger partial charge in [0.2, 0.25) is 0 Å². The van der Waals surface area contributed by atoms with E-state index in [1.165, 1.54) is 57.8 Å². The Morgan fingerprint density at radius 1 is 0.821 bits per heavy atom. The summed E-state index contributed by atoms with van der Waals surface area (Å²) in [5.74, 6) is 3.63. The van der Waals surface area contributed by atoms with E-state index in [0.717, 1.165) is 47.0 Å². The zero-order valence-electron chi connectivity index (χ0n) is 18.3. The van der Waals surface area contributed by atoms with Gasteiger partial charge in [-0.05, 0) is 98.7 Å². The predicted octanol–water partition coefficient (Wildman–Crippen LogP) is 6.42. The highest BCUT2D eigenvalue weighted by Gasteiger charge is 2.64. The molecule has 9 atom stereocenters. The molecule has 0 radical (unpaired) electrons. The van der Waals surface area contributed by atoms with Gasteiger partial charge in [0, 0.05) is 30.5 Å². The van der Waals surface area contributed by atoms with Gasteiger partial charge < -0.3 is 9.47 Å². The summed E-state index contributed by atoms with van der Waals surface area (Å²) in [6.07, 6.45) is 16.8. The molecule has 7 unspecified atom stereocenters. The third-order valence-corrected chi connectivity index (χ3v) is 12.3. The van der Waals surface area contributed by atoms with E-state index in [0.29, 0.717) is 16.9 Å². The monoisotopic (exact) mass is 404 g/mol. The first-order valence-corrected chi connectivity index (χ1v) is 13.3. The van der Waals surface area contributed by atoms with Crippen molar-refractivity contribution in [2.24, 2.45) is 34.5 Å². The van der Waals surface area contributed by atoms with Crippen molar-refractivity contribution >= 4 is 11.8 Å². The van der Waals surface area contributed by atoms with Crippen LogP contribution in [0.5, 0.6) is 0 Å². The molecule has 6 aliphatic rings. The van der Waals surface area contributed by atoms with Gasteiger partial charge in [0.1, 0.15) is 0 Å². The Morgan fingerprint density at radius 3 is 2.39 bits per heavy atom. The molecule has 6 rings (SSSR count). The van der Waals surface area contributed by atoms with Crippen LogP contribution >= 0.6 is 11.8 Å². The Balaban J connectivity index is 1.23. The summed E-state index contributed by atoms with van der Waals surface area (Å²) in [5.41, 5.74) is 1.04. The fraction of sp³-hybridized carbons (Fsp3) is 1.00. The second-order valence-corrected chi connectivity index (χ2v) is 13.3. The van der Waals surface area contributed by atoms with E-state index in [4.69, 9.17) is 9.47 Å². The minimum absolute atomic E-state index is 0.259. The summed E-state index contributed by atoms with van der Waals surface area (Å²) in [4.78, 5) is 0. The summed E-state index contributed by atoms with van der Waals surface area (Å²) in [6, 6.07) is 0. The van der Waals surface area contributed by atoms with Crippen molar-refractivity contribution in [3.05, 3.63) is 0 Å². The van der Waals surface area contributed by atoms with E-state index in [1.807, 2.05) is 7.11 Å². The summed E-state index contributed by atoms with van der Waals surface area (Å²) in [5, 5.41) is 2.07. The SMILES string of the molecule is COC1(OC2CCC3C4CCC5CC6SC6C[C@]5(C)C4CC[C@]23C)CCCC1. The summed E-state index contributed by atoms with van der Waals surface area (Å²) < 4.78 is 12.9. The van der Waals surface area contributed by atoms with Crippen LogP contribution < -0.4 is 0 Å². The van der Waals surface area contributed by atoms with Crippen LogP contribution in [0, 0.1) is 34.5 Å². The maximum Gasteiger partial charge on any atom is 0.168 e. The average Bonchev–Trinajstić information content (AvgIpc) is 3.11. The van der Waals surface area contributed by atoms with Gasteiger partial charge in [0.05, 0.1) is 6.10 Å². The number of ether oxygens (including phenoxy) is 2. The van der Waals surface area contributed by atoms with E-state index >= 15 is 0 Å². The molecule has 28 heavy (non-hydrogen) atoms. The minimum Gasteiger partial charge on any atom is -0.353 e. The van der Waals surface area contributed by atoms with Gasteiger partial charge in [-0.3, -0.25) is 0 Å². The summed E-state index contributed by atoms with van der Waals surface area (Å²) in [7, 11) is 1.88. The summed E-state index contributed by atoms with van der Waals surface area (Å²) in [6.45, 7) is 5.32. The molecular formula is C25H40O2S. The van der Waals surface area contributed by atoms with Crippen LogP contribution in [-0.4, -0.2) is 29.5 Å². The highest BCUT2D eigenvalue weighted by atomic mass is 32.2. The molecule has 3 heteroatoms. The van der Waals surface area contributed by atoms with Gasteiger partial charge in [-0.25, -0.2) is 0 Å². The molecule has 0 aromatic rings. The van der Waals surface area contributed by atoms with E-state index in [1.54, 1.807) is 6.42 Å². The second kappa shape index (κ2) is 6.39. The lowest BCUT2D eigenvalue weighted by molar-refractivity contribution is -0.264. The van der Waals surface area contributed by atoms with Crippen molar-refractivity contribution in [3.63, 3.8) is 0 Å². The second-order valence-electron chi connectivity index (χ2n) is 11.9. The van der Waals surface area contributed by atoms with E-state index < -0.39 is 0 Å². The predicted molar refractivity (Wildman–Crippen MR) is 115 cm³/mol. The van der Waals surface area contributed by atoms with Gasteiger partial charge in [0.15, 0.2) is 5.79 Å². The lowest BCUT2D eigenvalue weighted by Gasteiger charge is -2.60. The molecule has 0 amide bonds. The molecule has 1 saturated heterocycles. The molecule has 0 aromatic carbocycles. The Kier molecular flexibility index (Phi) is 4.33. The standard InChI is InChI=1S/C25H40O2S/c1-23-13-10-19-17(7-6-16-14-20-21(28-20)15-24(16,19)2)18(23)8-9-22(23)27-25(26-3)11-4-5-12-25/h16-22H,4-15H2,1-3H3/t16?,17?,18?,19?,20?,21?,22?,23-,24-/m0/s1. The van der Waals surface area contributed by atoms with E-state index in [2.05, 4.69) is 25.6 Å². The number of methoxy groups -OCH3 is 1. The number of fused-ring (bicyclic) bond motifs is 6. The van der Waals surface area contributed by atoms with Crippen LogP contribution in [-0.2, 0) is 9.47 Å². The van der Waals surface area contributed by atoms with Crippen LogP contribution in [0.25, 0.3) is 0 Å². The molecule has 158 valence electrons. The van der Waals surface area contributed by atoms with Gasteiger partial charge in [0.25, 0.3) is 0 Å². The topological polar surface area (TPSA) is 18.5 Å². The van der Waals surface area contributed by atoms with E-state index in [-0.39, 0.29) is 5.79 Å². The molecule has 2 nitrogen and oxygen atoms in total. The van der Waals surface area contributed by atoms with Crippen LogP contribution in [0.2, 0.25) is 0 Å². The first kappa shape index (κ1) is 19.0. The Bertz CT molecular complexity index is 630. The Morgan fingerprint density at radius 2 is 1.61 bits per heavy atom. The van der Waals surface area contributed by atoms with Gasteiger partial charge in [-0.2, -0.15) is 11.8 Å². The van der Waals surface area contributed by atoms with Crippen molar-refractivity contribution < 1.29 is 9.47 Å². The van der Waals surface area contributed by atoms with E-state index in [9.17, 15) is 0 Å². The smallest absolute Gasteiger partial charge is 0.168 e. The lowest BCUT2D eigenvalue weighted by atomic mass is 9.45. The Labute approximate surface area is 176 Å². The van der Waals surface area contributed by atoms with Crippen LogP contribution in [0.1, 0.15) is 90.9 Å². The van der Waals surface area contributed by atoms with Crippen LogP contribution in [0.15, 0.2) is 0 Å². The van der Waals surface area contributed by atoms with Crippen molar-refractivity contribution in [1.29, 1.82) is 0 Å². The number of rotatable bonds is 3. The number of thioether (sulfide) groups is 1. The number of hydrogen-bond donors (Lipinski definition) is 0. The molecule has 0 bridgehead atoms. The molecule has 0 N–H and O–H groups in total. The molecule has 0 aromatic heterocycles. The largest absolute Gasteiger partial charge is 0.353 e. The van der Waals surface area contributed by atoms with Crippen molar-refractivity contribution in [2.45, 2.75) is 113 Å². The molecule has 1 aliphatic heterocycles. The summed E-state index contributed by atoms with van der Waals surface area (Å²) >= 11 is 2.31. The quantitative estimate of drug-likeness (QED) is 0.399. The maximum absolute atomic E-state index is 6.89. The van der Waals surface area contributed by atoms with Crippen LogP contribution in [0.3, 0.4) is 0 Å². The number of hydrogen-bond acceptors (Lipinski definition) is 3. The van der Waals surface area contributed by atoms with Crippen molar-refractivity contribution in [2.75, 3.05) is 7.11 Å². The molecule has 6 fully saturated rings. The highest BCUT2D eigenvalue weighted by molar-refractivity contribution is 8.07. The van der Waals surface area contributed by atoms with Crippen molar-refractivity contribution in [1.82, 2.24) is 0 Å². The molecular weight excluding hydrogens is 364 g/mol. The zero-order chi connectivity index (χ0) is 19.1. The highest BCUT2D eigenvalue weighted by Crippen LogP contribution is 2.70. The lowest BCUT2D eigenvalue weighted by Crippen LogP contribution is -2.55. The first-order chi connectivity index (χ1) is 13.5. The fourth-order valence-corrected chi connectivity index (χ4v) is 10.6.